The maximum Gasteiger partial charge on any atom is 0.234 e. The molecule has 0 spiro atoms. The molecular weight excluding hydrogens is 921 g/mol. The Kier molecular flexibility index (Phi) is 10.6. The summed E-state index contributed by atoms with van der Waals surface area (Å²) in [5.41, 5.74) is 10.3. The second-order valence-corrected chi connectivity index (χ2v) is 18.2. The molecule has 74 heavy (non-hydrogen) atoms. The lowest BCUT2D eigenvalue weighted by atomic mass is 9.99. The summed E-state index contributed by atoms with van der Waals surface area (Å²) in [5.74, 6) is 7.17. The second kappa shape index (κ2) is 17.4. The van der Waals surface area contributed by atoms with Crippen molar-refractivity contribution in [3.05, 3.63) is 173 Å². The van der Waals surface area contributed by atoms with Gasteiger partial charge in [0.1, 0.15) is 46.6 Å². The maximum absolute atomic E-state index is 10.2. The lowest BCUT2D eigenvalue weighted by Gasteiger charge is -2.20. The van der Waals surface area contributed by atoms with Crippen molar-refractivity contribution >= 4 is 49.3 Å². The number of nitrogens with zero attached hydrogens (tertiary/aromatic N) is 16. The average Bonchev–Trinajstić information content (AvgIpc) is 3.88. The third-order valence-corrected chi connectivity index (χ3v) is 13.0. The van der Waals surface area contributed by atoms with Crippen molar-refractivity contribution in [3.63, 3.8) is 0 Å². The van der Waals surface area contributed by atoms with Gasteiger partial charge < -0.3 is 9.13 Å². The highest BCUT2D eigenvalue weighted by molar-refractivity contribution is 6.14. The van der Waals surface area contributed by atoms with E-state index >= 15 is 0 Å². The van der Waals surface area contributed by atoms with Gasteiger partial charge >= 0.3 is 0 Å². The van der Waals surface area contributed by atoms with Gasteiger partial charge in [-0.3, -0.25) is 0 Å². The first-order valence-corrected chi connectivity index (χ1v) is 23.8. The Hall–Kier alpha value is -10.1. The van der Waals surface area contributed by atoms with Gasteiger partial charge in [-0.05, 0) is 158 Å². The molecule has 0 aliphatic rings. The minimum atomic E-state index is 0.378. The Labute approximate surface area is 424 Å². The number of rotatable bonds is 7. The summed E-state index contributed by atoms with van der Waals surface area (Å²) in [6.45, 7) is 24.2. The molecule has 354 valence electrons. The molecule has 0 saturated heterocycles. The first kappa shape index (κ1) is 45.1. The standard InChI is InChI=1S/C58H42N16/c1-29-61-30(2)66-55(65-29)39-13-18-48-44(24-39)45-25-40(56-67-31(3)62-32(4)68-56)14-19-49(45)73(48)52-22-17-43(38-12-10-11-37(23-38)28-59)54(53(52)60-9)74-50-20-15-41(57-69-33(5)63-34(6)70-57)26-46(50)47-27-42(16-21-51(47)74)58-71-35(7)64-36(8)72-58/h10-27H,1-8H3. The van der Waals surface area contributed by atoms with E-state index in [4.69, 9.17) is 39.9 Å². The number of aryl methyl sites for hydroxylation is 8. The number of nitriles is 1. The Morgan fingerprint density at radius 3 is 1.08 bits per heavy atom. The molecule has 16 heteroatoms. The van der Waals surface area contributed by atoms with Gasteiger partial charge in [-0.1, -0.05) is 18.2 Å². The van der Waals surface area contributed by atoms with Gasteiger partial charge in [0, 0.05) is 43.8 Å². The van der Waals surface area contributed by atoms with Gasteiger partial charge in [-0.15, -0.1) is 0 Å². The third-order valence-electron chi connectivity index (χ3n) is 13.0. The quantitative estimate of drug-likeness (QED) is 0.137. The maximum atomic E-state index is 10.2. The van der Waals surface area contributed by atoms with Gasteiger partial charge in [0.2, 0.25) is 5.69 Å². The van der Waals surface area contributed by atoms with Crippen molar-refractivity contribution in [2.45, 2.75) is 55.4 Å². The SMILES string of the molecule is [C-]#[N+]c1c(-n2c3ccc(-c4nc(C)nc(C)n4)cc3c3cc(-c4nc(C)nc(C)n4)ccc32)ccc(-c2cccc(C#N)c2)c1-n1c2ccc(-c3nc(C)nc(C)n3)cc2c2cc(-c3nc(C)nc(C)n3)ccc21. The molecule has 0 amide bonds. The molecule has 6 aromatic heterocycles. The Morgan fingerprint density at radius 1 is 0.392 bits per heavy atom. The minimum absolute atomic E-state index is 0.378. The largest absolute Gasteiger partial charge is 0.319 e. The molecule has 0 fully saturated rings. The summed E-state index contributed by atoms with van der Waals surface area (Å²) in [4.78, 5) is 60.2. The molecule has 6 aromatic carbocycles. The summed E-state index contributed by atoms with van der Waals surface area (Å²) in [7, 11) is 0. The van der Waals surface area contributed by atoms with E-state index in [0.29, 0.717) is 92.5 Å². The van der Waals surface area contributed by atoms with Crippen LogP contribution in [0, 0.1) is 73.3 Å². The number of benzene rings is 6. The highest BCUT2D eigenvalue weighted by Crippen LogP contribution is 2.47. The lowest BCUT2D eigenvalue weighted by Crippen LogP contribution is -2.03. The van der Waals surface area contributed by atoms with E-state index in [-0.39, 0.29) is 0 Å². The second-order valence-electron chi connectivity index (χ2n) is 18.2. The fourth-order valence-corrected chi connectivity index (χ4v) is 10.2. The first-order valence-electron chi connectivity index (χ1n) is 23.8. The van der Waals surface area contributed by atoms with Crippen molar-refractivity contribution in [2.24, 2.45) is 0 Å². The average molecular weight is 963 g/mol. The summed E-state index contributed by atoms with van der Waals surface area (Å²) in [6, 6.07) is 38.6. The van der Waals surface area contributed by atoms with Crippen LogP contribution in [-0.2, 0) is 0 Å². The molecule has 0 unspecified atom stereocenters. The normalized spacial score (nSPS) is 11.5. The van der Waals surface area contributed by atoms with Crippen LogP contribution in [0.15, 0.2) is 109 Å². The van der Waals surface area contributed by atoms with Crippen LogP contribution in [0.4, 0.5) is 5.69 Å². The summed E-state index contributed by atoms with van der Waals surface area (Å²) < 4.78 is 4.32. The molecule has 0 atom stereocenters. The zero-order valence-corrected chi connectivity index (χ0v) is 41.5. The van der Waals surface area contributed by atoms with Crippen molar-refractivity contribution in [1.29, 1.82) is 5.26 Å². The third kappa shape index (κ3) is 7.69. The fourth-order valence-electron chi connectivity index (χ4n) is 10.2. The van der Waals surface area contributed by atoms with Gasteiger partial charge in [-0.2, -0.15) is 5.26 Å². The fraction of sp³-hybridized carbons (Fsp3) is 0.138. The van der Waals surface area contributed by atoms with Crippen molar-refractivity contribution in [2.75, 3.05) is 0 Å². The van der Waals surface area contributed by atoms with E-state index in [0.717, 1.165) is 77.0 Å². The lowest BCUT2D eigenvalue weighted by molar-refractivity contribution is 0.928. The molecular formula is C58H42N16. The Bertz CT molecular complexity index is 4160. The van der Waals surface area contributed by atoms with E-state index < -0.39 is 0 Å². The van der Waals surface area contributed by atoms with E-state index in [1.165, 1.54) is 0 Å². The van der Waals surface area contributed by atoms with E-state index in [1.807, 2.05) is 104 Å². The highest BCUT2D eigenvalue weighted by atomic mass is 15.1. The zero-order valence-electron chi connectivity index (χ0n) is 41.5. The molecule has 12 aromatic rings. The summed E-state index contributed by atoms with van der Waals surface area (Å²) in [5, 5.41) is 13.8. The molecule has 0 saturated carbocycles. The number of fused-ring (bicyclic) bond motifs is 6. The van der Waals surface area contributed by atoms with E-state index in [1.54, 1.807) is 6.07 Å². The van der Waals surface area contributed by atoms with Crippen LogP contribution >= 0.6 is 0 Å². The molecule has 0 aliphatic carbocycles. The molecule has 16 nitrogen and oxygen atoms in total. The summed E-state index contributed by atoms with van der Waals surface area (Å²) >= 11 is 0. The molecule has 0 aliphatic heterocycles. The molecule has 12 rings (SSSR count). The van der Waals surface area contributed by atoms with Gasteiger partial charge in [0.15, 0.2) is 23.3 Å². The highest BCUT2D eigenvalue weighted by Gasteiger charge is 2.26. The van der Waals surface area contributed by atoms with Gasteiger partial charge in [-0.25, -0.2) is 64.7 Å². The topological polar surface area (TPSA) is 193 Å². The molecule has 6 heterocycles. The summed E-state index contributed by atoms with van der Waals surface area (Å²) in [6.07, 6.45) is 0. The van der Waals surface area contributed by atoms with Crippen LogP contribution in [0.2, 0.25) is 0 Å². The first-order chi connectivity index (χ1) is 35.8. The van der Waals surface area contributed by atoms with Crippen LogP contribution in [0.5, 0.6) is 0 Å². The minimum Gasteiger partial charge on any atom is -0.319 e. The predicted molar refractivity (Wildman–Crippen MR) is 285 cm³/mol. The van der Waals surface area contributed by atoms with Gasteiger partial charge in [0.25, 0.3) is 0 Å². The van der Waals surface area contributed by atoms with Crippen LogP contribution in [0.25, 0.3) is 117 Å². The van der Waals surface area contributed by atoms with E-state index in [2.05, 4.69) is 94.6 Å². The van der Waals surface area contributed by atoms with Crippen LogP contribution in [0.1, 0.15) is 52.2 Å². The zero-order chi connectivity index (χ0) is 51.1. The number of aromatic nitrogens is 14. The molecule has 0 radical (unpaired) electrons. The number of hydrogen-bond acceptors (Lipinski definition) is 13. The smallest absolute Gasteiger partial charge is 0.234 e. The van der Waals surface area contributed by atoms with Crippen LogP contribution in [0.3, 0.4) is 0 Å². The van der Waals surface area contributed by atoms with Crippen molar-refractivity contribution in [3.8, 4) is 74.1 Å². The Balaban J connectivity index is 1.19. The number of hydrogen-bond donors (Lipinski definition) is 0. The van der Waals surface area contributed by atoms with Gasteiger partial charge in [0.05, 0.1) is 51.6 Å². The molecule has 0 N–H and O–H groups in total. The van der Waals surface area contributed by atoms with E-state index in [9.17, 15) is 11.8 Å². The molecule has 0 bridgehead atoms. The predicted octanol–water partition coefficient (Wildman–Crippen LogP) is 11.8. The van der Waals surface area contributed by atoms with Crippen LogP contribution < -0.4 is 0 Å². The van der Waals surface area contributed by atoms with Crippen molar-refractivity contribution in [1.82, 2.24) is 68.9 Å². The van der Waals surface area contributed by atoms with Crippen molar-refractivity contribution < 1.29 is 0 Å². The van der Waals surface area contributed by atoms with Crippen LogP contribution in [-0.4, -0.2) is 68.9 Å². The monoisotopic (exact) mass is 962 g/mol. The Morgan fingerprint density at radius 2 is 0.743 bits per heavy atom.